The summed E-state index contributed by atoms with van der Waals surface area (Å²) in [7, 11) is -3.77. The second kappa shape index (κ2) is 7.51. The molecule has 0 radical (unpaired) electrons. The quantitative estimate of drug-likeness (QED) is 0.549. The molecule has 0 aliphatic rings. The minimum atomic E-state index is -3.77. The molecule has 1 aromatic carbocycles. The first-order chi connectivity index (χ1) is 12.9. The Morgan fingerprint density at radius 3 is 2.48 bits per heavy atom. The summed E-state index contributed by atoms with van der Waals surface area (Å²) in [6.45, 7) is 3.79. The molecule has 0 saturated heterocycles. The first-order valence-corrected chi connectivity index (χ1v) is 10.5. The van der Waals surface area contributed by atoms with Crippen LogP contribution in [0.15, 0.2) is 58.3 Å². The third-order valence-electron chi connectivity index (χ3n) is 4.08. The van der Waals surface area contributed by atoms with Crippen LogP contribution in [0.25, 0.3) is 17.2 Å². The smallest absolute Gasteiger partial charge is 0.244 e. The molecule has 27 heavy (non-hydrogen) atoms. The fourth-order valence-electron chi connectivity index (χ4n) is 2.94. The van der Waals surface area contributed by atoms with Crippen molar-refractivity contribution < 1.29 is 12.8 Å². The Morgan fingerprint density at radius 1 is 1.22 bits per heavy atom. The van der Waals surface area contributed by atoms with Gasteiger partial charge in [-0.05, 0) is 41.1 Å². The fraction of sp³-hybridized carbons (Fsp3) is 0.150. The first kappa shape index (κ1) is 19.1. The van der Waals surface area contributed by atoms with Gasteiger partial charge in [0, 0.05) is 29.1 Å². The molecule has 0 atom stereocenters. The summed E-state index contributed by atoms with van der Waals surface area (Å²) in [6.07, 6.45) is 4.47. The molecule has 0 amide bonds. The van der Waals surface area contributed by atoms with Crippen LogP contribution in [-0.4, -0.2) is 12.4 Å². The van der Waals surface area contributed by atoms with E-state index in [9.17, 15) is 12.8 Å². The lowest BCUT2D eigenvalue weighted by Gasteiger charge is -2.13. The van der Waals surface area contributed by atoms with E-state index in [2.05, 4.69) is 0 Å². The number of nitrogens with zero attached hydrogens (tertiary/aromatic N) is 2. The summed E-state index contributed by atoms with van der Waals surface area (Å²) in [6, 6.07) is 11.0. The van der Waals surface area contributed by atoms with Crippen molar-refractivity contribution in [2.75, 3.05) is 0 Å². The summed E-state index contributed by atoms with van der Waals surface area (Å²) in [5.74, 6) is -0.491. The number of hydrogen-bond acceptors (Lipinski definition) is 4. The number of benzene rings is 1. The minimum absolute atomic E-state index is 0.118. The van der Waals surface area contributed by atoms with Crippen LogP contribution < -0.4 is 0 Å². The molecule has 0 unspecified atom stereocenters. The second-order valence-electron chi connectivity index (χ2n) is 6.20. The van der Waals surface area contributed by atoms with Gasteiger partial charge in [-0.3, -0.25) is 0 Å². The number of aromatic nitrogens is 1. The van der Waals surface area contributed by atoms with E-state index in [1.165, 1.54) is 22.2 Å². The lowest BCUT2D eigenvalue weighted by molar-refractivity contribution is 0.585. The summed E-state index contributed by atoms with van der Waals surface area (Å²) in [5.41, 5.74) is 2.52. The Hall–Kier alpha value is -2.69. The molecule has 0 aliphatic heterocycles. The van der Waals surface area contributed by atoms with Crippen LogP contribution in [0, 0.1) is 17.1 Å². The van der Waals surface area contributed by atoms with Crippen molar-refractivity contribution in [3.8, 4) is 17.2 Å². The third-order valence-corrected chi connectivity index (χ3v) is 7.13. The molecular weight excluding hydrogens is 383 g/mol. The third kappa shape index (κ3) is 3.59. The van der Waals surface area contributed by atoms with Crippen molar-refractivity contribution in [2.45, 2.75) is 24.0 Å². The van der Waals surface area contributed by atoms with Gasteiger partial charge in [-0.25, -0.2) is 8.36 Å². The van der Waals surface area contributed by atoms with E-state index in [1.54, 1.807) is 41.9 Å². The van der Waals surface area contributed by atoms with E-state index in [4.69, 9.17) is 5.26 Å². The number of nitriles is 1. The van der Waals surface area contributed by atoms with Crippen molar-refractivity contribution >= 4 is 27.4 Å². The number of halogens is 1. The summed E-state index contributed by atoms with van der Waals surface area (Å²) in [5, 5.41) is 10.7. The van der Waals surface area contributed by atoms with Gasteiger partial charge in [0.1, 0.15) is 10.0 Å². The summed E-state index contributed by atoms with van der Waals surface area (Å²) in [4.78, 5) is 0. The molecule has 0 spiro atoms. The number of rotatable bonds is 5. The van der Waals surface area contributed by atoms with Crippen LogP contribution in [0.5, 0.6) is 0 Å². The van der Waals surface area contributed by atoms with Gasteiger partial charge in [0.2, 0.25) is 0 Å². The van der Waals surface area contributed by atoms with E-state index in [0.717, 1.165) is 11.3 Å². The van der Waals surface area contributed by atoms with Crippen molar-refractivity contribution in [1.82, 2.24) is 3.97 Å². The highest BCUT2D eigenvalue weighted by Gasteiger charge is 2.27. The fourth-order valence-corrected chi connectivity index (χ4v) is 5.54. The molecule has 0 fully saturated rings. The molecule has 4 nitrogen and oxygen atoms in total. The van der Waals surface area contributed by atoms with Gasteiger partial charge < -0.3 is 0 Å². The van der Waals surface area contributed by atoms with Crippen molar-refractivity contribution in [3.63, 3.8) is 0 Å². The normalized spacial score (nSPS) is 12.0. The highest BCUT2D eigenvalue weighted by Crippen LogP contribution is 2.36. The van der Waals surface area contributed by atoms with Gasteiger partial charge in [-0.15, -0.1) is 11.3 Å². The Morgan fingerprint density at radius 2 is 1.93 bits per heavy atom. The Balaban J connectivity index is 2.33. The standard InChI is InChI=1S/C20H17FN2O2S2/c1-14(2)20-17(5-3-11-22)18(15-7-9-16(21)10-8-15)13-23(20)27(24,25)19-6-4-12-26-19/h3-10,12-14H,1-2H3/b5-3+. The van der Waals surface area contributed by atoms with Crippen molar-refractivity contribution in [2.24, 2.45) is 0 Å². The second-order valence-corrected chi connectivity index (χ2v) is 9.19. The monoisotopic (exact) mass is 400 g/mol. The highest BCUT2D eigenvalue weighted by atomic mass is 32.2. The van der Waals surface area contributed by atoms with E-state index < -0.39 is 10.0 Å². The average molecular weight is 401 g/mol. The van der Waals surface area contributed by atoms with E-state index in [1.807, 2.05) is 19.9 Å². The van der Waals surface area contributed by atoms with Crippen LogP contribution in [0.2, 0.25) is 0 Å². The predicted molar refractivity (Wildman–Crippen MR) is 105 cm³/mol. The molecule has 138 valence electrons. The first-order valence-electron chi connectivity index (χ1n) is 8.22. The van der Waals surface area contributed by atoms with Crippen LogP contribution >= 0.6 is 11.3 Å². The Labute approximate surface area is 161 Å². The molecule has 0 bridgehead atoms. The van der Waals surface area contributed by atoms with Gasteiger partial charge in [-0.1, -0.05) is 32.0 Å². The number of hydrogen-bond donors (Lipinski definition) is 0. The molecule has 3 rings (SSSR count). The molecule has 0 saturated carbocycles. The van der Waals surface area contributed by atoms with Gasteiger partial charge in [0.25, 0.3) is 10.0 Å². The topological polar surface area (TPSA) is 62.9 Å². The average Bonchev–Trinajstić information content (AvgIpc) is 3.29. The summed E-state index contributed by atoms with van der Waals surface area (Å²) < 4.78 is 41.2. The van der Waals surface area contributed by atoms with Gasteiger partial charge in [0.05, 0.1) is 6.07 Å². The zero-order valence-corrected chi connectivity index (χ0v) is 16.4. The molecule has 7 heteroatoms. The largest absolute Gasteiger partial charge is 0.277 e. The van der Waals surface area contributed by atoms with Crippen molar-refractivity contribution in [3.05, 3.63) is 71.1 Å². The zero-order valence-electron chi connectivity index (χ0n) is 14.8. The summed E-state index contributed by atoms with van der Waals surface area (Å²) >= 11 is 1.15. The number of thiophene rings is 1. The Bertz CT molecular complexity index is 1120. The molecule has 0 N–H and O–H groups in total. The molecule has 2 heterocycles. The van der Waals surface area contributed by atoms with Gasteiger partial charge >= 0.3 is 0 Å². The van der Waals surface area contributed by atoms with Crippen LogP contribution in [0.3, 0.4) is 0 Å². The maximum absolute atomic E-state index is 13.3. The molecule has 2 aromatic heterocycles. The maximum Gasteiger partial charge on any atom is 0.277 e. The molecule has 0 aliphatic carbocycles. The SMILES string of the molecule is CC(C)c1c(/C=C/C#N)c(-c2ccc(F)cc2)cn1S(=O)(=O)c1cccs1. The lowest BCUT2D eigenvalue weighted by Crippen LogP contribution is -2.15. The van der Waals surface area contributed by atoms with Gasteiger partial charge in [-0.2, -0.15) is 13.7 Å². The van der Waals surface area contributed by atoms with Crippen LogP contribution in [-0.2, 0) is 10.0 Å². The minimum Gasteiger partial charge on any atom is -0.244 e. The maximum atomic E-state index is 13.3. The van der Waals surface area contributed by atoms with Crippen LogP contribution in [0.4, 0.5) is 4.39 Å². The van der Waals surface area contributed by atoms with E-state index in [-0.39, 0.29) is 15.9 Å². The predicted octanol–water partition coefficient (Wildman–Crippen LogP) is 5.25. The van der Waals surface area contributed by atoms with Gasteiger partial charge in [0.15, 0.2) is 0 Å². The van der Waals surface area contributed by atoms with E-state index in [0.29, 0.717) is 22.4 Å². The van der Waals surface area contributed by atoms with E-state index >= 15 is 0 Å². The highest BCUT2D eigenvalue weighted by molar-refractivity contribution is 7.92. The number of allylic oxidation sites excluding steroid dienone is 1. The molecule has 3 aromatic rings. The van der Waals surface area contributed by atoms with Crippen LogP contribution in [0.1, 0.15) is 31.0 Å². The molecular formula is C20H17FN2O2S2. The lowest BCUT2D eigenvalue weighted by atomic mass is 9.98. The van der Waals surface area contributed by atoms with Crippen molar-refractivity contribution in [1.29, 1.82) is 5.26 Å². The zero-order chi connectivity index (χ0) is 19.6. The Kier molecular flexibility index (Phi) is 5.31.